The summed E-state index contributed by atoms with van der Waals surface area (Å²) in [5.74, 6) is 1.11. The molecule has 1 aromatic carbocycles. The SMILES string of the molecule is CCN(CC)CCN(CC)C(=O)Oc1ccc(C(CN(C)C(=O)CCSC)OC(=O)NC)cc1. The number of likely N-dealkylation sites (N-methyl/N-ethyl adjacent to an activating group) is 3. The summed E-state index contributed by atoms with van der Waals surface area (Å²) in [6, 6.07) is 6.81. The average Bonchev–Trinajstić information content (AvgIpc) is 2.85. The first-order valence-corrected chi connectivity index (χ1v) is 13.1. The zero-order chi connectivity index (χ0) is 25.5. The smallest absolute Gasteiger partial charge is 0.415 e. The van der Waals surface area contributed by atoms with E-state index < -0.39 is 18.3 Å². The first kappa shape index (κ1) is 29.6. The van der Waals surface area contributed by atoms with E-state index in [1.54, 1.807) is 52.9 Å². The summed E-state index contributed by atoms with van der Waals surface area (Å²) in [6.07, 6.45) is 0.719. The van der Waals surface area contributed by atoms with Crippen LogP contribution in [-0.2, 0) is 9.53 Å². The van der Waals surface area contributed by atoms with Crippen molar-refractivity contribution in [3.63, 3.8) is 0 Å². The highest BCUT2D eigenvalue weighted by Crippen LogP contribution is 2.23. The lowest BCUT2D eigenvalue weighted by molar-refractivity contribution is -0.130. The van der Waals surface area contributed by atoms with Gasteiger partial charge in [0, 0.05) is 45.9 Å². The number of thioether (sulfide) groups is 1. The van der Waals surface area contributed by atoms with Gasteiger partial charge in [0.1, 0.15) is 11.9 Å². The fraction of sp³-hybridized carbons (Fsp3) is 0.625. The van der Waals surface area contributed by atoms with Crippen LogP contribution >= 0.6 is 11.8 Å². The second kappa shape index (κ2) is 16.2. The summed E-state index contributed by atoms with van der Waals surface area (Å²) in [7, 11) is 3.17. The van der Waals surface area contributed by atoms with Crippen LogP contribution in [-0.4, -0.2) is 98.2 Å². The zero-order valence-corrected chi connectivity index (χ0v) is 22.2. The van der Waals surface area contributed by atoms with Crippen LogP contribution in [0, 0.1) is 0 Å². The Labute approximate surface area is 208 Å². The molecule has 0 aliphatic heterocycles. The Morgan fingerprint density at radius 2 is 1.68 bits per heavy atom. The first-order valence-electron chi connectivity index (χ1n) is 11.7. The highest BCUT2D eigenvalue weighted by atomic mass is 32.2. The van der Waals surface area contributed by atoms with Gasteiger partial charge in [-0.05, 0) is 44.0 Å². The Hall–Kier alpha value is -2.46. The zero-order valence-electron chi connectivity index (χ0n) is 21.3. The van der Waals surface area contributed by atoms with Crippen molar-refractivity contribution in [2.45, 2.75) is 33.3 Å². The van der Waals surface area contributed by atoms with Crippen molar-refractivity contribution in [1.82, 2.24) is 20.0 Å². The van der Waals surface area contributed by atoms with Crippen LogP contribution in [0.1, 0.15) is 38.9 Å². The molecule has 1 rings (SSSR count). The number of amides is 3. The molecule has 9 nitrogen and oxygen atoms in total. The molecule has 34 heavy (non-hydrogen) atoms. The first-order chi connectivity index (χ1) is 16.3. The van der Waals surface area contributed by atoms with E-state index in [0.29, 0.717) is 30.8 Å². The monoisotopic (exact) mass is 496 g/mol. The molecule has 1 aromatic rings. The number of alkyl carbamates (subject to hydrolysis) is 1. The lowest BCUT2D eigenvalue weighted by Crippen LogP contribution is -2.40. The van der Waals surface area contributed by atoms with Crippen LogP contribution in [0.3, 0.4) is 0 Å². The highest BCUT2D eigenvalue weighted by Gasteiger charge is 2.22. The lowest BCUT2D eigenvalue weighted by atomic mass is 10.1. The maximum atomic E-state index is 12.6. The second-order valence-corrected chi connectivity index (χ2v) is 8.69. The molecule has 0 aliphatic carbocycles. The predicted molar refractivity (Wildman–Crippen MR) is 136 cm³/mol. The van der Waals surface area contributed by atoms with Gasteiger partial charge < -0.3 is 29.5 Å². The number of carbonyl (C=O) groups excluding carboxylic acids is 3. The Bertz CT molecular complexity index is 758. The summed E-state index contributed by atoms with van der Waals surface area (Å²) in [6.45, 7) is 10.1. The van der Waals surface area contributed by atoms with Crippen LogP contribution in [0.25, 0.3) is 0 Å². The van der Waals surface area contributed by atoms with Crippen LogP contribution in [0.15, 0.2) is 24.3 Å². The molecule has 0 fully saturated rings. The summed E-state index contributed by atoms with van der Waals surface area (Å²) < 4.78 is 11.0. The molecule has 0 aliphatic rings. The maximum Gasteiger partial charge on any atom is 0.415 e. The molecule has 0 aromatic heterocycles. The molecule has 1 atom stereocenters. The number of carbonyl (C=O) groups is 3. The Morgan fingerprint density at radius 1 is 1.03 bits per heavy atom. The van der Waals surface area contributed by atoms with E-state index in [0.717, 1.165) is 25.4 Å². The van der Waals surface area contributed by atoms with Crippen molar-refractivity contribution in [3.8, 4) is 5.75 Å². The van der Waals surface area contributed by atoms with Crippen molar-refractivity contribution < 1.29 is 23.9 Å². The number of nitrogens with zero attached hydrogens (tertiary/aromatic N) is 3. The van der Waals surface area contributed by atoms with Crippen LogP contribution in [0.4, 0.5) is 9.59 Å². The van der Waals surface area contributed by atoms with Gasteiger partial charge in [-0.2, -0.15) is 11.8 Å². The number of benzene rings is 1. The summed E-state index contributed by atoms with van der Waals surface area (Å²) >= 11 is 1.60. The molecule has 0 heterocycles. The molecule has 3 amide bonds. The van der Waals surface area contributed by atoms with Gasteiger partial charge in [-0.3, -0.25) is 4.79 Å². The topological polar surface area (TPSA) is 91.4 Å². The third-order valence-corrected chi connectivity index (χ3v) is 6.13. The Morgan fingerprint density at radius 3 is 2.21 bits per heavy atom. The summed E-state index contributed by atoms with van der Waals surface area (Å²) in [5.41, 5.74) is 0.696. The fourth-order valence-corrected chi connectivity index (χ4v) is 3.60. The van der Waals surface area contributed by atoms with Crippen LogP contribution < -0.4 is 10.1 Å². The van der Waals surface area contributed by atoms with Crippen molar-refractivity contribution in [1.29, 1.82) is 0 Å². The van der Waals surface area contributed by atoms with Crippen molar-refractivity contribution >= 4 is 29.9 Å². The van der Waals surface area contributed by atoms with E-state index in [9.17, 15) is 14.4 Å². The molecule has 1 N–H and O–H groups in total. The molecular formula is C24H40N4O5S. The van der Waals surface area contributed by atoms with Crippen LogP contribution in [0.5, 0.6) is 5.75 Å². The number of hydrogen-bond donors (Lipinski definition) is 1. The third kappa shape index (κ3) is 10.2. The van der Waals surface area contributed by atoms with E-state index in [4.69, 9.17) is 9.47 Å². The van der Waals surface area contributed by atoms with Gasteiger partial charge in [0.2, 0.25) is 5.91 Å². The molecule has 1 unspecified atom stereocenters. The molecule has 10 heteroatoms. The molecule has 0 saturated heterocycles. The summed E-state index contributed by atoms with van der Waals surface area (Å²) in [5, 5.41) is 2.44. The van der Waals surface area contributed by atoms with E-state index in [1.165, 1.54) is 7.05 Å². The van der Waals surface area contributed by atoms with Crippen molar-refractivity contribution in [3.05, 3.63) is 29.8 Å². The van der Waals surface area contributed by atoms with Crippen molar-refractivity contribution in [2.75, 3.05) is 65.4 Å². The number of hydrogen-bond acceptors (Lipinski definition) is 7. The minimum atomic E-state index is -0.658. The molecular weight excluding hydrogens is 456 g/mol. The lowest BCUT2D eigenvalue weighted by Gasteiger charge is -2.25. The molecule has 0 bridgehead atoms. The Balaban J connectivity index is 2.85. The normalized spacial score (nSPS) is 11.6. The quantitative estimate of drug-likeness (QED) is 0.422. The van der Waals surface area contributed by atoms with Gasteiger partial charge >= 0.3 is 12.2 Å². The van der Waals surface area contributed by atoms with Gasteiger partial charge in [-0.1, -0.05) is 26.0 Å². The minimum absolute atomic E-state index is 0.0187. The minimum Gasteiger partial charge on any atom is -0.439 e. The predicted octanol–water partition coefficient (Wildman–Crippen LogP) is 3.46. The van der Waals surface area contributed by atoms with Gasteiger partial charge in [0.15, 0.2) is 0 Å². The average molecular weight is 497 g/mol. The van der Waals surface area contributed by atoms with E-state index in [2.05, 4.69) is 24.1 Å². The maximum absolute atomic E-state index is 12.6. The fourth-order valence-electron chi connectivity index (χ4n) is 3.23. The van der Waals surface area contributed by atoms with Gasteiger partial charge in [0.25, 0.3) is 0 Å². The van der Waals surface area contributed by atoms with E-state index in [1.807, 2.05) is 13.2 Å². The Kier molecular flexibility index (Phi) is 14.1. The van der Waals surface area contributed by atoms with E-state index >= 15 is 0 Å². The number of ether oxygens (including phenoxy) is 2. The third-order valence-electron chi connectivity index (χ3n) is 5.52. The summed E-state index contributed by atoms with van der Waals surface area (Å²) in [4.78, 5) is 42.3. The van der Waals surface area contributed by atoms with Gasteiger partial charge in [-0.15, -0.1) is 0 Å². The van der Waals surface area contributed by atoms with Gasteiger partial charge in [0.05, 0.1) is 6.54 Å². The molecule has 0 spiro atoms. The van der Waals surface area contributed by atoms with Crippen LogP contribution in [0.2, 0.25) is 0 Å². The van der Waals surface area contributed by atoms with Gasteiger partial charge in [-0.25, -0.2) is 9.59 Å². The molecule has 0 saturated carbocycles. The number of rotatable bonds is 14. The standard InChI is InChI=1S/C24H40N4O5S/c1-7-27(8-2)15-16-28(9-3)24(31)32-20-12-10-19(11-13-20)21(33-23(30)25-4)18-26(5)22(29)14-17-34-6/h10-13,21H,7-9,14-18H2,1-6H3,(H,25,30). The number of nitrogens with one attached hydrogen (secondary N) is 1. The molecule has 192 valence electrons. The highest BCUT2D eigenvalue weighted by molar-refractivity contribution is 7.98. The van der Waals surface area contributed by atoms with E-state index in [-0.39, 0.29) is 12.5 Å². The molecule has 0 radical (unpaired) electrons. The van der Waals surface area contributed by atoms with Crippen molar-refractivity contribution in [2.24, 2.45) is 0 Å². The second-order valence-electron chi connectivity index (χ2n) is 7.70. The largest absolute Gasteiger partial charge is 0.439 e.